The first kappa shape index (κ1) is 18.2. The molecule has 2 aliphatic heterocycles. The highest BCUT2D eigenvalue weighted by Gasteiger charge is 2.42. The molecule has 3 N–H and O–H groups in total. The van der Waals surface area contributed by atoms with Crippen LogP contribution in [0.3, 0.4) is 0 Å². The molecular weight excluding hydrogens is 338 g/mol. The molecule has 1 aromatic heterocycles. The zero-order chi connectivity index (χ0) is 18.0. The van der Waals surface area contributed by atoms with Crippen molar-refractivity contribution < 1.29 is 14.0 Å². The zero-order valence-corrected chi connectivity index (χ0v) is 15.9. The molecule has 2 saturated heterocycles. The predicted molar refractivity (Wildman–Crippen MR) is 98.7 cm³/mol. The molecule has 0 radical (unpaired) electrons. The number of amides is 3. The number of hydrogen-bond donors (Lipinski definition) is 3. The molecule has 3 rings (SSSR count). The lowest BCUT2D eigenvalue weighted by Crippen LogP contribution is -2.36. The smallest absolute Gasteiger partial charge is 0.315 e. The van der Waals surface area contributed by atoms with E-state index in [1.807, 2.05) is 38.6 Å². The Labute approximate surface area is 152 Å². The third-order valence-electron chi connectivity index (χ3n) is 5.00. The van der Waals surface area contributed by atoms with Crippen LogP contribution in [-0.2, 0) is 4.79 Å². The first-order chi connectivity index (χ1) is 11.9. The van der Waals surface area contributed by atoms with E-state index in [2.05, 4.69) is 16.0 Å². The van der Waals surface area contributed by atoms with Crippen molar-refractivity contribution in [1.82, 2.24) is 16.0 Å². The van der Waals surface area contributed by atoms with Gasteiger partial charge in [-0.1, -0.05) is 6.42 Å². The minimum atomic E-state index is -0.0431. The van der Waals surface area contributed by atoms with Gasteiger partial charge in [0.15, 0.2) is 0 Å². The number of carbonyl (C=O) groups excluding carboxylic acids is 2. The quantitative estimate of drug-likeness (QED) is 0.512. The topological polar surface area (TPSA) is 83.4 Å². The lowest BCUT2D eigenvalue weighted by Gasteiger charge is -2.17. The van der Waals surface area contributed by atoms with E-state index in [9.17, 15) is 9.59 Å². The number of hydrogen-bond acceptors (Lipinski definition) is 4. The summed E-state index contributed by atoms with van der Waals surface area (Å²) in [5, 5.41) is 9.47. The van der Waals surface area contributed by atoms with Gasteiger partial charge >= 0.3 is 6.03 Å². The van der Waals surface area contributed by atoms with Gasteiger partial charge in [-0.25, -0.2) is 4.79 Å². The zero-order valence-electron chi connectivity index (χ0n) is 15.1. The normalized spacial score (nSPS) is 26.0. The van der Waals surface area contributed by atoms with Crippen molar-refractivity contribution >= 4 is 23.7 Å². The summed E-state index contributed by atoms with van der Waals surface area (Å²) in [6.45, 7) is 5.83. The highest BCUT2D eigenvalue weighted by Crippen LogP contribution is 2.33. The summed E-state index contributed by atoms with van der Waals surface area (Å²) in [6.07, 6.45) is 3.45. The van der Waals surface area contributed by atoms with Crippen LogP contribution >= 0.6 is 11.8 Å². The number of carbonyl (C=O) groups is 2. The minimum absolute atomic E-state index is 0.0316. The van der Waals surface area contributed by atoms with Crippen molar-refractivity contribution in [2.75, 3.05) is 5.75 Å². The second-order valence-corrected chi connectivity index (χ2v) is 8.30. The number of urea groups is 1. The van der Waals surface area contributed by atoms with Gasteiger partial charge in [-0.15, -0.1) is 0 Å². The van der Waals surface area contributed by atoms with Crippen molar-refractivity contribution in [3.8, 4) is 0 Å². The Bertz CT molecular complexity index is 646. The fourth-order valence-electron chi connectivity index (χ4n) is 3.75. The number of aryl methyl sites for hydroxylation is 2. The summed E-state index contributed by atoms with van der Waals surface area (Å²) >= 11 is 1.92. The van der Waals surface area contributed by atoms with E-state index in [0.29, 0.717) is 11.7 Å². The molecule has 3 amide bonds. The van der Waals surface area contributed by atoms with Crippen molar-refractivity contribution in [2.45, 2.75) is 69.8 Å². The number of fused-ring (bicyclic) bond motifs is 1. The number of unbranched alkanes of at least 4 members (excludes halogenated alkanes) is 1. The van der Waals surface area contributed by atoms with Crippen LogP contribution < -0.4 is 16.0 Å². The molecule has 2 fully saturated rings. The van der Waals surface area contributed by atoms with E-state index in [1.165, 1.54) is 0 Å². The van der Waals surface area contributed by atoms with Crippen LogP contribution in [0.1, 0.15) is 55.7 Å². The molecular formula is C18H27N3O3S. The second kappa shape index (κ2) is 7.72. The van der Waals surface area contributed by atoms with Crippen LogP contribution in [0.2, 0.25) is 0 Å². The van der Waals surface area contributed by atoms with Gasteiger partial charge in [0.05, 0.1) is 18.1 Å². The summed E-state index contributed by atoms with van der Waals surface area (Å²) in [5.74, 6) is 2.80. The molecule has 0 saturated carbocycles. The standard InChI is InChI=1S/C18H27N3O3S/c1-10-8-13(12(3)24-10)11(2)19-16(22)7-5-4-6-15-17-14(9-25-15)20-18(23)21-17/h8,11,14-15,17H,4-7,9H2,1-3H3,(H,19,22)(H2,20,21,23)/t11-,14-,15-,17-/m0/s1. The lowest BCUT2D eigenvalue weighted by atomic mass is 10.0. The van der Waals surface area contributed by atoms with Crippen LogP contribution in [-0.4, -0.2) is 35.0 Å². The van der Waals surface area contributed by atoms with Crippen LogP contribution in [0.4, 0.5) is 4.79 Å². The Balaban J connectivity index is 1.36. The number of rotatable bonds is 7. The van der Waals surface area contributed by atoms with Gasteiger partial charge in [0, 0.05) is 23.0 Å². The molecule has 4 atom stereocenters. The fourth-order valence-corrected chi connectivity index (χ4v) is 5.29. The van der Waals surface area contributed by atoms with Gasteiger partial charge in [-0.2, -0.15) is 11.8 Å². The lowest BCUT2D eigenvalue weighted by molar-refractivity contribution is -0.121. The molecule has 25 heavy (non-hydrogen) atoms. The molecule has 0 unspecified atom stereocenters. The largest absolute Gasteiger partial charge is 0.466 e. The Hall–Kier alpha value is -1.63. The highest BCUT2D eigenvalue weighted by atomic mass is 32.2. The molecule has 0 bridgehead atoms. The average molecular weight is 365 g/mol. The summed E-state index contributed by atoms with van der Waals surface area (Å²) < 4.78 is 5.53. The third-order valence-corrected chi connectivity index (χ3v) is 6.51. The molecule has 138 valence electrons. The van der Waals surface area contributed by atoms with E-state index in [0.717, 1.165) is 42.1 Å². The van der Waals surface area contributed by atoms with Gasteiger partial charge < -0.3 is 20.4 Å². The van der Waals surface area contributed by atoms with Crippen LogP contribution in [0.25, 0.3) is 0 Å². The predicted octanol–water partition coefficient (Wildman–Crippen LogP) is 2.80. The van der Waals surface area contributed by atoms with Gasteiger partial charge in [0.25, 0.3) is 0 Å². The van der Waals surface area contributed by atoms with Crippen molar-refractivity contribution in [1.29, 1.82) is 0 Å². The second-order valence-electron chi connectivity index (χ2n) is 7.03. The third kappa shape index (κ3) is 4.32. The first-order valence-corrected chi connectivity index (χ1v) is 10.0. The summed E-state index contributed by atoms with van der Waals surface area (Å²) in [4.78, 5) is 23.5. The highest BCUT2D eigenvalue weighted by molar-refractivity contribution is 8.00. The maximum Gasteiger partial charge on any atom is 0.315 e. The van der Waals surface area contributed by atoms with E-state index in [1.54, 1.807) is 0 Å². The molecule has 0 aromatic carbocycles. The molecule has 0 spiro atoms. The molecule has 1 aromatic rings. The number of thioether (sulfide) groups is 1. The summed E-state index contributed by atoms with van der Waals surface area (Å²) in [5.41, 5.74) is 1.05. The SMILES string of the molecule is Cc1cc([C@H](C)NC(=O)CCCC[C@@H]2SC[C@@H]3NC(=O)N[C@@H]32)c(C)o1. The van der Waals surface area contributed by atoms with Gasteiger partial charge in [0.2, 0.25) is 5.91 Å². The molecule has 7 heteroatoms. The van der Waals surface area contributed by atoms with Crippen molar-refractivity contribution in [3.05, 3.63) is 23.2 Å². The van der Waals surface area contributed by atoms with E-state index in [-0.39, 0.29) is 30.1 Å². The van der Waals surface area contributed by atoms with Crippen molar-refractivity contribution in [3.63, 3.8) is 0 Å². The minimum Gasteiger partial charge on any atom is -0.466 e. The average Bonchev–Trinajstić information content (AvgIpc) is 3.18. The molecule has 0 aliphatic carbocycles. The van der Waals surface area contributed by atoms with Crippen molar-refractivity contribution in [2.24, 2.45) is 0 Å². The van der Waals surface area contributed by atoms with Crippen LogP contribution in [0.5, 0.6) is 0 Å². The monoisotopic (exact) mass is 365 g/mol. The van der Waals surface area contributed by atoms with Crippen LogP contribution in [0, 0.1) is 13.8 Å². The fraction of sp³-hybridized carbons (Fsp3) is 0.667. The first-order valence-electron chi connectivity index (χ1n) is 8.99. The van der Waals surface area contributed by atoms with E-state index < -0.39 is 0 Å². The molecule has 6 nitrogen and oxygen atoms in total. The van der Waals surface area contributed by atoms with E-state index >= 15 is 0 Å². The van der Waals surface area contributed by atoms with Crippen LogP contribution in [0.15, 0.2) is 10.5 Å². The Morgan fingerprint density at radius 1 is 1.40 bits per heavy atom. The summed E-state index contributed by atoms with van der Waals surface area (Å²) in [7, 11) is 0. The maximum absolute atomic E-state index is 12.2. The number of nitrogens with one attached hydrogen (secondary N) is 3. The Morgan fingerprint density at radius 3 is 2.92 bits per heavy atom. The Morgan fingerprint density at radius 2 is 2.20 bits per heavy atom. The maximum atomic E-state index is 12.2. The summed E-state index contributed by atoms with van der Waals surface area (Å²) in [6, 6.07) is 2.43. The van der Waals surface area contributed by atoms with Gasteiger partial charge in [0.1, 0.15) is 11.5 Å². The molecule has 3 heterocycles. The van der Waals surface area contributed by atoms with Gasteiger partial charge in [-0.3, -0.25) is 4.79 Å². The van der Waals surface area contributed by atoms with Gasteiger partial charge in [-0.05, 0) is 39.7 Å². The Kier molecular flexibility index (Phi) is 5.61. The van der Waals surface area contributed by atoms with E-state index in [4.69, 9.17) is 4.42 Å². The molecule has 2 aliphatic rings. The number of furan rings is 1.